The maximum Gasteiger partial charge on any atom is 0.239 e. The van der Waals surface area contributed by atoms with Gasteiger partial charge in [-0.05, 0) is 41.8 Å². The normalized spacial score (nSPS) is 19.2. The van der Waals surface area contributed by atoms with Gasteiger partial charge in [0.1, 0.15) is 0 Å². The van der Waals surface area contributed by atoms with E-state index in [2.05, 4.69) is 31.4 Å². The highest BCUT2D eigenvalue weighted by Gasteiger charge is 2.30. The van der Waals surface area contributed by atoms with Crippen molar-refractivity contribution < 1.29 is 4.79 Å². The summed E-state index contributed by atoms with van der Waals surface area (Å²) in [6, 6.07) is 15.2. The minimum Gasteiger partial charge on any atom is -0.303 e. The molecule has 7 heteroatoms. The average Bonchev–Trinajstić information content (AvgIpc) is 2.91. The number of carbonyl (C=O) groups is 1. The number of carbonyl (C=O) groups excluding carboxylic acids is 1. The van der Waals surface area contributed by atoms with Crippen molar-refractivity contribution in [3.05, 3.63) is 69.2 Å². The van der Waals surface area contributed by atoms with Crippen molar-refractivity contribution in [2.75, 3.05) is 0 Å². The molecule has 3 rings (SSSR count). The van der Waals surface area contributed by atoms with Crippen LogP contribution in [0.5, 0.6) is 0 Å². The Morgan fingerprint density at radius 1 is 1.17 bits per heavy atom. The second-order valence-electron chi connectivity index (χ2n) is 5.13. The van der Waals surface area contributed by atoms with Crippen LogP contribution >= 0.6 is 39.3 Å². The lowest BCUT2D eigenvalue weighted by molar-refractivity contribution is -0.118. The van der Waals surface area contributed by atoms with Gasteiger partial charge in [0.15, 0.2) is 5.17 Å². The van der Waals surface area contributed by atoms with Crippen LogP contribution in [-0.4, -0.2) is 22.5 Å². The van der Waals surface area contributed by atoms with E-state index in [4.69, 9.17) is 11.6 Å². The number of amides is 1. The Kier molecular flexibility index (Phi) is 5.71. The van der Waals surface area contributed by atoms with Gasteiger partial charge < -0.3 is 5.32 Å². The molecule has 0 aliphatic carbocycles. The van der Waals surface area contributed by atoms with Crippen LogP contribution in [-0.2, 0) is 11.2 Å². The highest BCUT2D eigenvalue weighted by molar-refractivity contribution is 9.10. The monoisotopic (exact) mass is 421 g/mol. The number of rotatable bonds is 4. The van der Waals surface area contributed by atoms with E-state index in [0.29, 0.717) is 16.6 Å². The molecule has 1 fully saturated rings. The standard InChI is InChI=1S/C17H13BrClN3OS/c18-13-5-1-11(2-6-13)9-15-16(23)21-17(24-15)22-20-10-12-3-7-14(19)8-4-12/h1-8,10,15H,9H2,(H,21,22,23)/b20-10+. The average molecular weight is 423 g/mol. The molecule has 2 aromatic rings. The number of halogens is 2. The Hall–Kier alpha value is -1.63. The van der Waals surface area contributed by atoms with Crippen LogP contribution in [0, 0.1) is 0 Å². The zero-order chi connectivity index (χ0) is 16.9. The van der Waals surface area contributed by atoms with E-state index in [0.717, 1.165) is 15.6 Å². The maximum absolute atomic E-state index is 12.0. The molecule has 0 spiro atoms. The second kappa shape index (κ2) is 7.96. The summed E-state index contributed by atoms with van der Waals surface area (Å²) in [5.74, 6) is -0.0386. The molecule has 24 heavy (non-hydrogen) atoms. The highest BCUT2D eigenvalue weighted by Crippen LogP contribution is 2.24. The van der Waals surface area contributed by atoms with E-state index in [9.17, 15) is 4.79 Å². The molecule has 4 nitrogen and oxygen atoms in total. The van der Waals surface area contributed by atoms with E-state index in [-0.39, 0.29) is 11.2 Å². The van der Waals surface area contributed by atoms with E-state index >= 15 is 0 Å². The summed E-state index contributed by atoms with van der Waals surface area (Å²) in [4.78, 5) is 12.0. The first kappa shape index (κ1) is 17.2. The van der Waals surface area contributed by atoms with Crippen molar-refractivity contribution in [1.29, 1.82) is 0 Å². The topological polar surface area (TPSA) is 53.8 Å². The van der Waals surface area contributed by atoms with E-state index in [1.165, 1.54) is 11.8 Å². The Labute approximate surface area is 157 Å². The lowest BCUT2D eigenvalue weighted by Gasteiger charge is -2.05. The molecule has 1 unspecified atom stereocenters. The Balaban J connectivity index is 1.61. The fraction of sp³-hybridized carbons (Fsp3) is 0.118. The molecule has 0 saturated carbocycles. The molecule has 1 amide bonds. The molecule has 1 heterocycles. The quantitative estimate of drug-likeness (QED) is 0.591. The number of hydrogen-bond donors (Lipinski definition) is 1. The minimum absolute atomic E-state index is 0.0386. The SMILES string of the molecule is O=C1NC(=N/N=C/c2ccc(Cl)cc2)SC1Cc1ccc(Br)cc1. The third-order valence-electron chi connectivity index (χ3n) is 3.34. The van der Waals surface area contributed by atoms with Crippen LogP contribution in [0.2, 0.25) is 5.02 Å². The number of thioether (sulfide) groups is 1. The minimum atomic E-state index is -0.185. The largest absolute Gasteiger partial charge is 0.303 e. The molecule has 1 saturated heterocycles. The Morgan fingerprint density at radius 3 is 2.58 bits per heavy atom. The van der Waals surface area contributed by atoms with Gasteiger partial charge in [0, 0.05) is 9.50 Å². The first-order chi connectivity index (χ1) is 11.6. The van der Waals surface area contributed by atoms with Gasteiger partial charge in [0.25, 0.3) is 0 Å². The van der Waals surface area contributed by atoms with Crippen molar-refractivity contribution in [1.82, 2.24) is 5.32 Å². The summed E-state index contributed by atoms with van der Waals surface area (Å²) >= 11 is 10.6. The molecular formula is C17H13BrClN3OS. The molecule has 0 aromatic heterocycles. The predicted molar refractivity (Wildman–Crippen MR) is 104 cm³/mol. The number of nitrogens with zero attached hydrogens (tertiary/aromatic N) is 2. The fourth-order valence-electron chi connectivity index (χ4n) is 2.12. The van der Waals surface area contributed by atoms with Crippen molar-refractivity contribution >= 4 is 56.6 Å². The van der Waals surface area contributed by atoms with Crippen molar-refractivity contribution in [3.63, 3.8) is 0 Å². The highest BCUT2D eigenvalue weighted by atomic mass is 79.9. The van der Waals surface area contributed by atoms with Gasteiger partial charge in [-0.3, -0.25) is 4.79 Å². The molecule has 1 aliphatic heterocycles. The molecule has 1 atom stereocenters. The number of amidine groups is 1. The summed E-state index contributed by atoms with van der Waals surface area (Å²) in [6.07, 6.45) is 2.28. The zero-order valence-corrected chi connectivity index (χ0v) is 15.6. The second-order valence-corrected chi connectivity index (χ2v) is 7.67. The summed E-state index contributed by atoms with van der Waals surface area (Å²) in [5, 5.41) is 11.9. The van der Waals surface area contributed by atoms with Crippen LogP contribution < -0.4 is 5.32 Å². The summed E-state index contributed by atoms with van der Waals surface area (Å²) in [7, 11) is 0. The molecule has 0 bridgehead atoms. The van der Waals surface area contributed by atoms with E-state index in [1.54, 1.807) is 18.3 Å². The maximum atomic E-state index is 12.0. The summed E-state index contributed by atoms with van der Waals surface area (Å²) in [6.45, 7) is 0. The van der Waals surface area contributed by atoms with E-state index in [1.807, 2.05) is 36.4 Å². The smallest absolute Gasteiger partial charge is 0.239 e. The number of hydrogen-bond acceptors (Lipinski definition) is 4. The van der Waals surface area contributed by atoms with Gasteiger partial charge >= 0.3 is 0 Å². The zero-order valence-electron chi connectivity index (χ0n) is 12.4. The Bertz CT molecular complexity index is 790. The molecule has 2 aromatic carbocycles. The molecule has 0 radical (unpaired) electrons. The molecular weight excluding hydrogens is 410 g/mol. The molecule has 1 N–H and O–H groups in total. The van der Waals surface area contributed by atoms with Crippen LogP contribution in [0.3, 0.4) is 0 Å². The van der Waals surface area contributed by atoms with Gasteiger partial charge in [-0.15, -0.1) is 5.10 Å². The third-order valence-corrected chi connectivity index (χ3v) is 5.19. The lowest BCUT2D eigenvalue weighted by Crippen LogP contribution is -2.25. The van der Waals surface area contributed by atoms with E-state index < -0.39 is 0 Å². The number of benzene rings is 2. The summed E-state index contributed by atoms with van der Waals surface area (Å²) < 4.78 is 1.02. The fourth-order valence-corrected chi connectivity index (χ4v) is 3.47. The van der Waals surface area contributed by atoms with Crippen LogP contribution in [0.25, 0.3) is 0 Å². The third kappa shape index (κ3) is 4.69. The predicted octanol–water partition coefficient (Wildman–Crippen LogP) is 4.27. The first-order valence-corrected chi connectivity index (χ1v) is 9.24. The van der Waals surface area contributed by atoms with Gasteiger partial charge in [0.05, 0.1) is 11.5 Å². The van der Waals surface area contributed by atoms with Crippen LogP contribution in [0.4, 0.5) is 0 Å². The first-order valence-electron chi connectivity index (χ1n) is 7.19. The van der Waals surface area contributed by atoms with Gasteiger partial charge in [0.2, 0.25) is 5.91 Å². The van der Waals surface area contributed by atoms with Gasteiger partial charge in [-0.1, -0.05) is 63.6 Å². The van der Waals surface area contributed by atoms with Crippen molar-refractivity contribution in [2.45, 2.75) is 11.7 Å². The van der Waals surface area contributed by atoms with Gasteiger partial charge in [-0.2, -0.15) is 5.10 Å². The van der Waals surface area contributed by atoms with Crippen molar-refractivity contribution in [2.24, 2.45) is 10.2 Å². The Morgan fingerprint density at radius 2 is 1.88 bits per heavy atom. The van der Waals surface area contributed by atoms with Crippen molar-refractivity contribution in [3.8, 4) is 0 Å². The molecule has 1 aliphatic rings. The number of nitrogens with one attached hydrogen (secondary N) is 1. The van der Waals surface area contributed by atoms with Crippen LogP contribution in [0.15, 0.2) is 63.2 Å². The summed E-state index contributed by atoms with van der Waals surface area (Å²) in [5.41, 5.74) is 2.00. The molecule has 122 valence electrons. The lowest BCUT2D eigenvalue weighted by atomic mass is 10.1. The van der Waals surface area contributed by atoms with Gasteiger partial charge in [-0.25, -0.2) is 0 Å². The van der Waals surface area contributed by atoms with Crippen LogP contribution in [0.1, 0.15) is 11.1 Å².